The van der Waals surface area contributed by atoms with Gasteiger partial charge in [-0.2, -0.15) is 0 Å². The van der Waals surface area contributed by atoms with Gasteiger partial charge < -0.3 is 9.47 Å². The Hall–Kier alpha value is -0.160. The van der Waals surface area contributed by atoms with Crippen molar-refractivity contribution in [1.29, 1.82) is 0 Å². The molecule has 0 amide bonds. The Bertz CT molecular complexity index is 225. The van der Waals surface area contributed by atoms with Crippen molar-refractivity contribution in [2.45, 2.75) is 57.6 Å². The Labute approximate surface area is 91.7 Å². The van der Waals surface area contributed by atoms with Crippen LogP contribution in [0.3, 0.4) is 0 Å². The standard InChI is InChI=1S/C11H22N2O2/c1-4-8-7-15-11(3)10(12-8)14-6-9(5-2)13-11/h8-10,12-13H,4-7H2,1-3H3. The van der Waals surface area contributed by atoms with E-state index in [0.29, 0.717) is 12.1 Å². The minimum Gasteiger partial charge on any atom is -0.357 e. The van der Waals surface area contributed by atoms with Crippen molar-refractivity contribution in [3.05, 3.63) is 0 Å². The molecule has 0 bridgehead atoms. The highest BCUT2D eigenvalue weighted by Crippen LogP contribution is 2.25. The molecule has 0 aromatic rings. The number of rotatable bonds is 2. The van der Waals surface area contributed by atoms with E-state index >= 15 is 0 Å². The van der Waals surface area contributed by atoms with Gasteiger partial charge in [0.2, 0.25) is 0 Å². The normalized spacial score (nSPS) is 46.2. The quantitative estimate of drug-likeness (QED) is 0.714. The minimum absolute atomic E-state index is 0.0148. The van der Waals surface area contributed by atoms with Gasteiger partial charge >= 0.3 is 0 Å². The van der Waals surface area contributed by atoms with Crippen LogP contribution in [-0.4, -0.2) is 37.3 Å². The van der Waals surface area contributed by atoms with Gasteiger partial charge in [-0.1, -0.05) is 13.8 Å². The van der Waals surface area contributed by atoms with Crippen molar-refractivity contribution in [3.63, 3.8) is 0 Å². The van der Waals surface area contributed by atoms with Gasteiger partial charge in [0, 0.05) is 12.1 Å². The lowest BCUT2D eigenvalue weighted by Crippen LogP contribution is -2.72. The van der Waals surface area contributed by atoms with Crippen molar-refractivity contribution in [1.82, 2.24) is 10.6 Å². The molecule has 0 aliphatic carbocycles. The first-order chi connectivity index (χ1) is 7.18. The zero-order valence-corrected chi connectivity index (χ0v) is 9.88. The number of hydrogen-bond acceptors (Lipinski definition) is 4. The predicted octanol–water partition coefficient (Wildman–Crippen LogP) is 0.825. The predicted molar refractivity (Wildman–Crippen MR) is 58.5 cm³/mol. The summed E-state index contributed by atoms with van der Waals surface area (Å²) in [5.41, 5.74) is -0.357. The van der Waals surface area contributed by atoms with Gasteiger partial charge in [0.1, 0.15) is 0 Å². The number of nitrogens with one attached hydrogen (secondary N) is 2. The molecule has 0 aromatic heterocycles. The Morgan fingerprint density at radius 1 is 1.20 bits per heavy atom. The summed E-state index contributed by atoms with van der Waals surface area (Å²) in [5, 5.41) is 7.00. The van der Waals surface area contributed by atoms with Gasteiger partial charge in [0.15, 0.2) is 12.0 Å². The molecule has 2 fully saturated rings. The monoisotopic (exact) mass is 214 g/mol. The van der Waals surface area contributed by atoms with Crippen LogP contribution < -0.4 is 10.6 Å². The molecule has 15 heavy (non-hydrogen) atoms. The molecular formula is C11H22N2O2. The van der Waals surface area contributed by atoms with Gasteiger partial charge in [-0.15, -0.1) is 0 Å². The van der Waals surface area contributed by atoms with Crippen LogP contribution in [0, 0.1) is 0 Å². The Morgan fingerprint density at radius 3 is 2.60 bits per heavy atom. The topological polar surface area (TPSA) is 42.5 Å². The van der Waals surface area contributed by atoms with Crippen molar-refractivity contribution in [2.75, 3.05) is 13.2 Å². The van der Waals surface area contributed by atoms with E-state index in [2.05, 4.69) is 31.4 Å². The van der Waals surface area contributed by atoms with E-state index < -0.39 is 0 Å². The van der Waals surface area contributed by atoms with Gasteiger partial charge in [-0.3, -0.25) is 10.6 Å². The fraction of sp³-hybridized carbons (Fsp3) is 1.00. The zero-order valence-electron chi connectivity index (χ0n) is 9.88. The largest absolute Gasteiger partial charge is 0.357 e. The minimum atomic E-state index is -0.357. The third-order valence-corrected chi connectivity index (χ3v) is 3.41. The van der Waals surface area contributed by atoms with Gasteiger partial charge in [0.05, 0.1) is 13.2 Å². The highest BCUT2D eigenvalue weighted by atomic mass is 16.6. The average Bonchev–Trinajstić information content (AvgIpc) is 2.27. The van der Waals surface area contributed by atoms with E-state index in [0.717, 1.165) is 26.1 Å². The molecular weight excluding hydrogens is 192 g/mol. The summed E-state index contributed by atoms with van der Waals surface area (Å²) < 4.78 is 11.7. The van der Waals surface area contributed by atoms with Crippen molar-refractivity contribution in [2.24, 2.45) is 0 Å². The Balaban J connectivity index is 2.00. The molecule has 2 saturated heterocycles. The second-order valence-electron chi connectivity index (χ2n) is 4.65. The van der Waals surface area contributed by atoms with E-state index in [1.807, 2.05) is 0 Å². The van der Waals surface area contributed by atoms with Gasteiger partial charge in [0.25, 0.3) is 0 Å². The van der Waals surface area contributed by atoms with Crippen molar-refractivity contribution >= 4 is 0 Å². The van der Waals surface area contributed by atoms with Crippen molar-refractivity contribution < 1.29 is 9.47 Å². The van der Waals surface area contributed by atoms with Crippen LogP contribution >= 0.6 is 0 Å². The van der Waals surface area contributed by atoms with E-state index in [4.69, 9.17) is 9.47 Å². The lowest BCUT2D eigenvalue weighted by atomic mass is 10.0. The SMILES string of the molecule is CCC1COC2(C)NC(CC)COC2N1. The third kappa shape index (κ3) is 2.18. The third-order valence-electron chi connectivity index (χ3n) is 3.41. The molecule has 2 rings (SSSR count). The molecule has 2 heterocycles. The van der Waals surface area contributed by atoms with Crippen molar-refractivity contribution in [3.8, 4) is 0 Å². The van der Waals surface area contributed by atoms with E-state index in [1.54, 1.807) is 0 Å². The maximum absolute atomic E-state index is 5.91. The lowest BCUT2D eigenvalue weighted by Gasteiger charge is -2.50. The smallest absolute Gasteiger partial charge is 0.156 e. The molecule has 4 nitrogen and oxygen atoms in total. The molecule has 0 aromatic carbocycles. The zero-order chi connectivity index (χ0) is 10.9. The summed E-state index contributed by atoms with van der Waals surface area (Å²) in [6.45, 7) is 7.92. The summed E-state index contributed by atoms with van der Waals surface area (Å²) in [5.74, 6) is 0. The highest BCUT2D eigenvalue weighted by Gasteiger charge is 2.45. The number of fused-ring (bicyclic) bond motifs is 1. The summed E-state index contributed by atoms with van der Waals surface area (Å²) in [6, 6.07) is 0.828. The molecule has 2 aliphatic heterocycles. The lowest BCUT2D eigenvalue weighted by molar-refractivity contribution is -0.234. The first-order valence-electron chi connectivity index (χ1n) is 5.97. The Morgan fingerprint density at radius 2 is 1.93 bits per heavy atom. The molecule has 4 heteroatoms. The number of hydrogen-bond donors (Lipinski definition) is 2. The fourth-order valence-corrected chi connectivity index (χ4v) is 2.21. The summed E-state index contributed by atoms with van der Waals surface area (Å²) in [6.07, 6.45) is 2.13. The molecule has 4 unspecified atom stereocenters. The molecule has 4 atom stereocenters. The maximum atomic E-state index is 5.91. The summed E-state index contributed by atoms with van der Waals surface area (Å²) in [7, 11) is 0. The van der Waals surface area contributed by atoms with Crippen LogP contribution in [0.4, 0.5) is 0 Å². The van der Waals surface area contributed by atoms with E-state index in [-0.39, 0.29) is 12.0 Å². The van der Waals surface area contributed by atoms with Crippen LogP contribution in [0.5, 0.6) is 0 Å². The first-order valence-corrected chi connectivity index (χ1v) is 5.97. The molecule has 2 aliphatic rings. The summed E-state index contributed by atoms with van der Waals surface area (Å²) in [4.78, 5) is 0. The summed E-state index contributed by atoms with van der Waals surface area (Å²) >= 11 is 0. The fourth-order valence-electron chi connectivity index (χ4n) is 2.21. The maximum Gasteiger partial charge on any atom is 0.156 e. The van der Waals surface area contributed by atoms with Gasteiger partial charge in [-0.05, 0) is 19.8 Å². The average molecular weight is 214 g/mol. The van der Waals surface area contributed by atoms with Gasteiger partial charge in [-0.25, -0.2) is 0 Å². The highest BCUT2D eigenvalue weighted by molar-refractivity contribution is 4.93. The molecule has 0 saturated carbocycles. The van der Waals surface area contributed by atoms with Crippen LogP contribution in [-0.2, 0) is 9.47 Å². The molecule has 0 radical (unpaired) electrons. The van der Waals surface area contributed by atoms with Crippen LogP contribution in [0.2, 0.25) is 0 Å². The number of ether oxygens (including phenoxy) is 2. The van der Waals surface area contributed by atoms with E-state index in [1.165, 1.54) is 0 Å². The molecule has 2 N–H and O–H groups in total. The molecule has 88 valence electrons. The van der Waals surface area contributed by atoms with Crippen LogP contribution in [0.15, 0.2) is 0 Å². The second-order valence-corrected chi connectivity index (χ2v) is 4.65. The number of morpholine rings is 2. The van der Waals surface area contributed by atoms with E-state index in [9.17, 15) is 0 Å². The first kappa shape index (κ1) is 11.3. The second kappa shape index (κ2) is 4.37. The van der Waals surface area contributed by atoms with Crippen LogP contribution in [0.25, 0.3) is 0 Å². The Kier molecular flexibility index (Phi) is 3.30. The molecule has 0 spiro atoms. The van der Waals surface area contributed by atoms with Crippen LogP contribution in [0.1, 0.15) is 33.6 Å².